The Kier molecular flexibility index (Phi) is 9.26. The highest BCUT2D eigenvalue weighted by atomic mass is 79.9. The van der Waals surface area contributed by atoms with Gasteiger partial charge in [0.1, 0.15) is 11.8 Å². The molecule has 0 saturated heterocycles. The molecule has 0 bridgehead atoms. The van der Waals surface area contributed by atoms with E-state index < -0.39 is 12.0 Å². The van der Waals surface area contributed by atoms with E-state index in [4.69, 9.17) is 14.5 Å². The number of ether oxygens (including phenoxy) is 2. The third-order valence-corrected chi connectivity index (χ3v) is 9.76. The van der Waals surface area contributed by atoms with Crippen molar-refractivity contribution in [3.8, 4) is 5.75 Å². The van der Waals surface area contributed by atoms with Crippen LogP contribution in [0.1, 0.15) is 49.4 Å². The standard InChI is InChI=1S/C35H31Br2N3O4S/c1-4-8-27-31(34(42)44-5-2)32(26-18-24(37)15-16-29(26)43-3)40-33(41)30(45-35(40)38-27)17-22-20-39(28-10-7-6-9-25(22)28)19-21-11-13-23(36)14-12-21/h6-7,9-18,20,32H,4-5,8,19H2,1-3H3/b30-17+/t32-/m0/s1. The Balaban J connectivity index is 1.56. The van der Waals surface area contributed by atoms with Gasteiger partial charge >= 0.3 is 5.97 Å². The first-order valence-corrected chi connectivity index (χ1v) is 17.1. The zero-order valence-electron chi connectivity index (χ0n) is 25.1. The van der Waals surface area contributed by atoms with E-state index >= 15 is 0 Å². The van der Waals surface area contributed by atoms with Gasteiger partial charge in [-0.25, -0.2) is 9.79 Å². The van der Waals surface area contributed by atoms with Crippen LogP contribution < -0.4 is 19.6 Å². The number of thiazole rings is 1. The topological polar surface area (TPSA) is 74.8 Å². The first kappa shape index (κ1) is 31.3. The molecule has 230 valence electrons. The summed E-state index contributed by atoms with van der Waals surface area (Å²) >= 11 is 8.42. The van der Waals surface area contributed by atoms with Crippen molar-refractivity contribution in [3.63, 3.8) is 0 Å². The van der Waals surface area contributed by atoms with Crippen LogP contribution in [0.4, 0.5) is 0 Å². The molecule has 6 rings (SSSR count). The minimum absolute atomic E-state index is 0.207. The zero-order valence-corrected chi connectivity index (χ0v) is 29.0. The predicted molar refractivity (Wildman–Crippen MR) is 186 cm³/mol. The molecular weight excluding hydrogens is 718 g/mol. The molecule has 0 spiro atoms. The van der Waals surface area contributed by atoms with Gasteiger partial charge in [-0.1, -0.05) is 86.9 Å². The molecule has 10 heteroatoms. The number of nitrogens with zero attached hydrogens (tertiary/aromatic N) is 3. The van der Waals surface area contributed by atoms with Gasteiger partial charge in [0.2, 0.25) is 0 Å². The van der Waals surface area contributed by atoms with Crippen molar-refractivity contribution >= 4 is 66.1 Å². The maximum atomic E-state index is 14.4. The predicted octanol–water partition coefficient (Wildman–Crippen LogP) is 7.12. The van der Waals surface area contributed by atoms with Crippen LogP contribution in [0.15, 0.2) is 103 Å². The summed E-state index contributed by atoms with van der Waals surface area (Å²) in [6, 6.07) is 21.3. The van der Waals surface area contributed by atoms with Crippen molar-refractivity contribution in [1.29, 1.82) is 0 Å². The van der Waals surface area contributed by atoms with E-state index in [9.17, 15) is 9.59 Å². The molecule has 0 unspecified atom stereocenters. The summed E-state index contributed by atoms with van der Waals surface area (Å²) in [5, 5.41) is 1.05. The molecular formula is C35H31Br2N3O4S. The van der Waals surface area contributed by atoms with Crippen LogP contribution in [-0.2, 0) is 16.1 Å². The number of hydrogen-bond donors (Lipinski definition) is 0. The molecule has 5 aromatic rings. The smallest absolute Gasteiger partial charge is 0.338 e. The Bertz CT molecular complexity index is 2130. The lowest BCUT2D eigenvalue weighted by Crippen LogP contribution is -2.40. The molecule has 3 heterocycles. The molecule has 3 aromatic carbocycles. The van der Waals surface area contributed by atoms with E-state index in [1.54, 1.807) is 18.6 Å². The third kappa shape index (κ3) is 6.11. The first-order chi connectivity index (χ1) is 21.8. The molecule has 0 radical (unpaired) electrons. The molecule has 1 atom stereocenters. The fourth-order valence-corrected chi connectivity index (χ4v) is 7.44. The summed E-state index contributed by atoms with van der Waals surface area (Å²) < 4.78 is 17.5. The van der Waals surface area contributed by atoms with Crippen molar-refractivity contribution in [2.75, 3.05) is 13.7 Å². The van der Waals surface area contributed by atoms with Crippen molar-refractivity contribution in [1.82, 2.24) is 9.13 Å². The zero-order chi connectivity index (χ0) is 31.7. The average molecular weight is 750 g/mol. The van der Waals surface area contributed by atoms with Crippen LogP contribution >= 0.6 is 43.2 Å². The van der Waals surface area contributed by atoms with E-state index in [1.807, 2.05) is 55.5 Å². The molecule has 0 amide bonds. The van der Waals surface area contributed by atoms with Crippen LogP contribution in [0, 0.1) is 0 Å². The maximum Gasteiger partial charge on any atom is 0.338 e. The molecule has 0 fully saturated rings. The Morgan fingerprint density at radius 2 is 1.80 bits per heavy atom. The molecule has 2 aromatic heterocycles. The molecule has 0 N–H and O–H groups in total. The highest BCUT2D eigenvalue weighted by Gasteiger charge is 2.36. The second-order valence-corrected chi connectivity index (χ2v) is 13.5. The van der Waals surface area contributed by atoms with Gasteiger partial charge in [-0.3, -0.25) is 9.36 Å². The van der Waals surface area contributed by atoms with Crippen molar-refractivity contribution in [2.24, 2.45) is 4.99 Å². The van der Waals surface area contributed by atoms with Crippen LogP contribution in [-0.4, -0.2) is 28.8 Å². The number of carbonyl (C=O) groups is 1. The lowest BCUT2D eigenvalue weighted by molar-refractivity contribution is -0.139. The number of carbonyl (C=O) groups excluding carboxylic acids is 1. The highest BCUT2D eigenvalue weighted by molar-refractivity contribution is 9.10. The minimum atomic E-state index is -0.768. The summed E-state index contributed by atoms with van der Waals surface area (Å²) in [5.74, 6) is 0.0790. The average Bonchev–Trinajstić information content (AvgIpc) is 3.54. The molecule has 45 heavy (non-hydrogen) atoms. The van der Waals surface area contributed by atoms with Gasteiger partial charge in [0.05, 0.1) is 29.5 Å². The number of para-hydroxylation sites is 1. The lowest BCUT2D eigenvalue weighted by atomic mass is 9.93. The van der Waals surface area contributed by atoms with Gasteiger partial charge in [-0.05, 0) is 61.4 Å². The molecule has 0 saturated carbocycles. The second-order valence-electron chi connectivity index (χ2n) is 10.7. The number of benzene rings is 3. The highest BCUT2D eigenvalue weighted by Crippen LogP contribution is 2.38. The monoisotopic (exact) mass is 747 g/mol. The van der Waals surface area contributed by atoms with Gasteiger partial charge in [0.25, 0.3) is 5.56 Å². The minimum Gasteiger partial charge on any atom is -0.496 e. The number of hydrogen-bond acceptors (Lipinski definition) is 6. The lowest BCUT2D eigenvalue weighted by Gasteiger charge is -2.27. The van der Waals surface area contributed by atoms with Gasteiger partial charge in [0, 0.05) is 43.7 Å². The van der Waals surface area contributed by atoms with E-state index in [0.717, 1.165) is 31.8 Å². The van der Waals surface area contributed by atoms with Gasteiger partial charge < -0.3 is 14.0 Å². The number of methoxy groups -OCH3 is 1. The Hall–Kier alpha value is -3.73. The summed E-state index contributed by atoms with van der Waals surface area (Å²) in [6.07, 6.45) is 5.37. The third-order valence-electron chi connectivity index (χ3n) is 7.75. The fourth-order valence-electron chi connectivity index (χ4n) is 5.78. The quantitative estimate of drug-likeness (QED) is 0.151. The Morgan fingerprint density at radius 3 is 2.53 bits per heavy atom. The number of rotatable bonds is 9. The van der Waals surface area contributed by atoms with Crippen molar-refractivity contribution < 1.29 is 14.3 Å². The van der Waals surface area contributed by atoms with Crippen LogP contribution in [0.25, 0.3) is 17.0 Å². The van der Waals surface area contributed by atoms with Crippen LogP contribution in [0.5, 0.6) is 5.75 Å². The number of fused-ring (bicyclic) bond motifs is 2. The maximum absolute atomic E-state index is 14.4. The Morgan fingerprint density at radius 1 is 1.04 bits per heavy atom. The molecule has 1 aliphatic heterocycles. The SMILES string of the molecule is CCCC1=C(C(=O)OCC)[C@H](c2cc(Br)ccc2OC)n2c(s/c(=C/c3cn(Cc4ccc(Br)cc4)c4ccccc34)c2=O)=N1. The largest absolute Gasteiger partial charge is 0.496 e. The second kappa shape index (κ2) is 13.3. The van der Waals surface area contributed by atoms with Gasteiger partial charge in [-0.2, -0.15) is 0 Å². The van der Waals surface area contributed by atoms with E-state index in [1.165, 1.54) is 16.9 Å². The first-order valence-electron chi connectivity index (χ1n) is 14.7. The van der Waals surface area contributed by atoms with E-state index in [-0.39, 0.29) is 12.2 Å². The van der Waals surface area contributed by atoms with Crippen molar-refractivity contribution in [2.45, 2.75) is 39.3 Å². The summed E-state index contributed by atoms with van der Waals surface area (Å²) in [5.41, 5.74) is 4.61. The van der Waals surface area contributed by atoms with E-state index in [0.29, 0.717) is 44.9 Å². The molecule has 7 nitrogen and oxygen atoms in total. The number of allylic oxidation sites excluding steroid dienone is 1. The van der Waals surface area contributed by atoms with Crippen LogP contribution in [0.2, 0.25) is 0 Å². The van der Waals surface area contributed by atoms with Gasteiger partial charge in [-0.15, -0.1) is 0 Å². The Labute approximate surface area is 281 Å². The number of aromatic nitrogens is 2. The molecule has 1 aliphatic rings. The number of halogens is 2. The van der Waals surface area contributed by atoms with Crippen LogP contribution in [0.3, 0.4) is 0 Å². The summed E-state index contributed by atoms with van der Waals surface area (Å²) in [7, 11) is 1.58. The summed E-state index contributed by atoms with van der Waals surface area (Å²) in [6.45, 7) is 4.71. The fraction of sp³-hybridized carbons (Fsp3) is 0.229. The van der Waals surface area contributed by atoms with Gasteiger partial charge in [0.15, 0.2) is 4.80 Å². The molecule has 0 aliphatic carbocycles. The van der Waals surface area contributed by atoms with E-state index in [2.05, 4.69) is 66.9 Å². The normalized spacial score (nSPS) is 14.9. The van der Waals surface area contributed by atoms with Crippen molar-refractivity contribution in [3.05, 3.63) is 130 Å². The number of esters is 1. The summed E-state index contributed by atoms with van der Waals surface area (Å²) in [4.78, 5) is 33.4.